The minimum absolute atomic E-state index is 0.0383. The third-order valence-electron chi connectivity index (χ3n) is 1.34. The first-order valence-corrected chi connectivity index (χ1v) is 3.82. The zero-order valence-electron chi connectivity index (χ0n) is 7.40. The van der Waals surface area contributed by atoms with Crippen LogP contribution in [0.5, 0.6) is 0 Å². The highest BCUT2D eigenvalue weighted by Gasteiger charge is 2.22. The van der Waals surface area contributed by atoms with Gasteiger partial charge in [-0.1, -0.05) is 6.08 Å². The summed E-state index contributed by atoms with van der Waals surface area (Å²) in [7, 11) is 0. The fraction of sp³-hybridized carbons (Fsp3) is 0.375. The Hall–Kier alpha value is -1.85. The van der Waals surface area contributed by atoms with Crippen LogP contribution in [0.1, 0.15) is 12.8 Å². The van der Waals surface area contributed by atoms with Gasteiger partial charge in [-0.25, -0.2) is 4.79 Å². The molecule has 0 aliphatic carbocycles. The molecule has 0 aromatic heterocycles. The summed E-state index contributed by atoms with van der Waals surface area (Å²) in [4.78, 5) is 31.6. The van der Waals surface area contributed by atoms with E-state index in [0.29, 0.717) is 0 Å². The summed E-state index contributed by atoms with van der Waals surface area (Å²) in [5.41, 5.74) is 0. The van der Waals surface area contributed by atoms with Gasteiger partial charge in [-0.15, -0.1) is 6.58 Å². The molecule has 0 aromatic carbocycles. The molecule has 0 aliphatic heterocycles. The van der Waals surface area contributed by atoms with Gasteiger partial charge in [-0.2, -0.15) is 0 Å². The molecule has 78 valence electrons. The van der Waals surface area contributed by atoms with E-state index >= 15 is 0 Å². The maximum absolute atomic E-state index is 10.9. The van der Waals surface area contributed by atoms with E-state index in [9.17, 15) is 14.4 Å². The summed E-state index contributed by atoms with van der Waals surface area (Å²) in [6.45, 7) is 3.29. The van der Waals surface area contributed by atoms with Crippen LogP contribution in [0.3, 0.4) is 0 Å². The van der Waals surface area contributed by atoms with E-state index in [4.69, 9.17) is 10.2 Å². The van der Waals surface area contributed by atoms with Crippen LogP contribution in [0, 0.1) is 0 Å². The lowest BCUT2D eigenvalue weighted by Gasteiger charge is -2.10. The Bertz CT molecular complexity index is 260. The topological polar surface area (TPSA) is 104 Å². The lowest BCUT2D eigenvalue weighted by atomic mass is 10.2. The molecule has 0 bridgehead atoms. The number of carboxylic acid groups (broad SMARTS) is 2. The highest BCUT2D eigenvalue weighted by Crippen LogP contribution is 1.94. The quantitative estimate of drug-likeness (QED) is 0.507. The van der Waals surface area contributed by atoms with Gasteiger partial charge >= 0.3 is 11.9 Å². The average molecular weight is 201 g/mol. The number of aliphatic carboxylic acids is 2. The number of hydrogen-bond donors (Lipinski definition) is 3. The molecule has 0 saturated carbocycles. The third-order valence-corrected chi connectivity index (χ3v) is 1.34. The average Bonchev–Trinajstić information content (AvgIpc) is 2.02. The van der Waals surface area contributed by atoms with Crippen molar-refractivity contribution in [1.29, 1.82) is 0 Å². The van der Waals surface area contributed by atoms with Crippen LogP contribution in [0.15, 0.2) is 12.7 Å². The Morgan fingerprint density at radius 2 is 1.93 bits per heavy atom. The smallest absolute Gasteiger partial charge is 0.326 e. The summed E-state index contributed by atoms with van der Waals surface area (Å²) >= 11 is 0. The highest BCUT2D eigenvalue weighted by atomic mass is 16.4. The van der Waals surface area contributed by atoms with Gasteiger partial charge in [0.15, 0.2) is 0 Å². The highest BCUT2D eigenvalue weighted by molar-refractivity contribution is 5.87. The van der Waals surface area contributed by atoms with E-state index in [1.165, 1.54) is 6.08 Å². The number of amides is 1. The molecule has 1 atom stereocenters. The van der Waals surface area contributed by atoms with E-state index in [1.54, 1.807) is 0 Å². The third kappa shape index (κ3) is 4.91. The van der Waals surface area contributed by atoms with Crippen LogP contribution >= 0.6 is 0 Å². The number of carbonyl (C=O) groups excluding carboxylic acids is 1. The van der Waals surface area contributed by atoms with Gasteiger partial charge in [-0.3, -0.25) is 9.59 Å². The van der Waals surface area contributed by atoms with Crippen molar-refractivity contribution in [3.05, 3.63) is 12.7 Å². The molecule has 0 aromatic rings. The Morgan fingerprint density at radius 1 is 1.36 bits per heavy atom. The minimum atomic E-state index is -1.39. The second-order valence-corrected chi connectivity index (χ2v) is 2.55. The van der Waals surface area contributed by atoms with Crippen molar-refractivity contribution in [3.63, 3.8) is 0 Å². The van der Waals surface area contributed by atoms with Crippen LogP contribution in [-0.2, 0) is 14.4 Å². The molecule has 0 unspecified atom stereocenters. The van der Waals surface area contributed by atoms with Crippen LogP contribution in [-0.4, -0.2) is 34.1 Å². The fourth-order valence-electron chi connectivity index (χ4n) is 0.759. The van der Waals surface area contributed by atoms with Crippen LogP contribution in [0.25, 0.3) is 0 Å². The van der Waals surface area contributed by atoms with E-state index in [2.05, 4.69) is 11.9 Å². The van der Waals surface area contributed by atoms with Crippen LogP contribution in [0.4, 0.5) is 0 Å². The van der Waals surface area contributed by atoms with E-state index in [0.717, 1.165) is 0 Å². The number of carbonyl (C=O) groups is 3. The summed E-state index contributed by atoms with van der Waals surface area (Å²) < 4.78 is 0. The SMILES string of the molecule is C=CCC(=O)N[C@@H](CC(=O)O)C(=O)O. The van der Waals surface area contributed by atoms with E-state index < -0.39 is 30.3 Å². The first-order chi connectivity index (χ1) is 6.47. The van der Waals surface area contributed by atoms with Crippen molar-refractivity contribution < 1.29 is 24.6 Å². The molecule has 0 saturated heterocycles. The normalized spacial score (nSPS) is 11.4. The fourth-order valence-corrected chi connectivity index (χ4v) is 0.759. The first-order valence-electron chi connectivity index (χ1n) is 3.82. The summed E-state index contributed by atoms with van der Waals surface area (Å²) in [6, 6.07) is -1.39. The Kier molecular flexibility index (Phi) is 4.98. The maximum atomic E-state index is 10.9. The molecular formula is C8H11NO5. The van der Waals surface area contributed by atoms with Gasteiger partial charge in [-0.05, 0) is 0 Å². The Morgan fingerprint density at radius 3 is 2.29 bits per heavy atom. The predicted molar refractivity (Wildman–Crippen MR) is 46.6 cm³/mol. The summed E-state index contributed by atoms with van der Waals surface area (Å²) in [6.07, 6.45) is 0.622. The van der Waals surface area contributed by atoms with Gasteiger partial charge in [0.25, 0.3) is 0 Å². The molecule has 0 heterocycles. The van der Waals surface area contributed by atoms with Gasteiger partial charge in [0, 0.05) is 6.42 Å². The molecule has 6 heteroatoms. The van der Waals surface area contributed by atoms with Crippen molar-refractivity contribution >= 4 is 17.8 Å². The Labute approximate surface area is 80.2 Å². The van der Waals surface area contributed by atoms with Crippen molar-refractivity contribution in [1.82, 2.24) is 5.32 Å². The number of nitrogens with one attached hydrogen (secondary N) is 1. The number of rotatable bonds is 6. The lowest BCUT2D eigenvalue weighted by molar-refractivity contribution is -0.147. The van der Waals surface area contributed by atoms with Gasteiger partial charge in [0.2, 0.25) is 5.91 Å². The first kappa shape index (κ1) is 12.2. The minimum Gasteiger partial charge on any atom is -0.481 e. The van der Waals surface area contributed by atoms with E-state index in [-0.39, 0.29) is 6.42 Å². The molecule has 0 radical (unpaired) electrons. The zero-order chi connectivity index (χ0) is 11.1. The second kappa shape index (κ2) is 5.74. The molecule has 0 aliphatic rings. The molecular weight excluding hydrogens is 190 g/mol. The van der Waals surface area contributed by atoms with Crippen molar-refractivity contribution in [2.75, 3.05) is 0 Å². The summed E-state index contributed by atoms with van der Waals surface area (Å²) in [5, 5.41) is 18.9. The van der Waals surface area contributed by atoms with Crippen LogP contribution < -0.4 is 5.32 Å². The van der Waals surface area contributed by atoms with Gasteiger partial charge in [0.1, 0.15) is 6.04 Å². The molecule has 0 rings (SSSR count). The molecule has 0 fully saturated rings. The van der Waals surface area contributed by atoms with Crippen molar-refractivity contribution in [2.45, 2.75) is 18.9 Å². The number of carboxylic acids is 2. The molecule has 0 spiro atoms. The Balaban J connectivity index is 4.22. The summed E-state index contributed by atoms with van der Waals surface area (Å²) in [5.74, 6) is -3.21. The standard InChI is InChI=1S/C8H11NO5/c1-2-3-6(10)9-5(8(13)14)4-7(11)12/h2,5H,1,3-4H2,(H,9,10)(H,11,12)(H,13,14)/t5-/m0/s1. The van der Waals surface area contributed by atoms with Gasteiger partial charge < -0.3 is 15.5 Å². The predicted octanol–water partition coefficient (Wildman–Crippen LogP) is -0.393. The van der Waals surface area contributed by atoms with Crippen molar-refractivity contribution in [2.24, 2.45) is 0 Å². The monoisotopic (exact) mass is 201 g/mol. The second-order valence-electron chi connectivity index (χ2n) is 2.55. The van der Waals surface area contributed by atoms with E-state index in [1.807, 2.05) is 0 Å². The molecule has 14 heavy (non-hydrogen) atoms. The molecule has 1 amide bonds. The van der Waals surface area contributed by atoms with Gasteiger partial charge in [0.05, 0.1) is 6.42 Å². The molecule has 6 nitrogen and oxygen atoms in total. The number of hydrogen-bond acceptors (Lipinski definition) is 3. The lowest BCUT2D eigenvalue weighted by Crippen LogP contribution is -2.41. The van der Waals surface area contributed by atoms with Crippen molar-refractivity contribution in [3.8, 4) is 0 Å². The molecule has 3 N–H and O–H groups in total. The zero-order valence-corrected chi connectivity index (χ0v) is 7.40. The maximum Gasteiger partial charge on any atom is 0.326 e. The largest absolute Gasteiger partial charge is 0.481 e. The van der Waals surface area contributed by atoms with Crippen LogP contribution in [0.2, 0.25) is 0 Å².